The Bertz CT molecular complexity index is 511. The Morgan fingerprint density at radius 2 is 2.16 bits per heavy atom. The van der Waals surface area contributed by atoms with Crippen molar-refractivity contribution in [2.75, 3.05) is 6.67 Å². The van der Waals surface area contributed by atoms with Crippen LogP contribution >= 0.6 is 0 Å². The Balaban J connectivity index is 2.17. The van der Waals surface area contributed by atoms with Crippen molar-refractivity contribution in [3.8, 4) is 0 Å². The molecule has 1 unspecified atom stereocenters. The molecular weight excluding hydrogens is 249 g/mol. The number of amides is 1. The standard InChI is InChI=1S/C14H16FNO3/c1-9-3-2-4-10(7-9)14(5-6-14)13(19)16-11(8-15)12(17)18/h2-4,7,11H,5-6,8H2,1H3,(H,16,19)(H,17,18). The van der Waals surface area contributed by atoms with Crippen molar-refractivity contribution in [2.45, 2.75) is 31.2 Å². The fourth-order valence-corrected chi connectivity index (χ4v) is 2.18. The largest absolute Gasteiger partial charge is 0.480 e. The molecule has 0 aliphatic heterocycles. The van der Waals surface area contributed by atoms with Crippen molar-refractivity contribution in [3.63, 3.8) is 0 Å². The summed E-state index contributed by atoms with van der Waals surface area (Å²) in [5.74, 6) is -1.75. The maximum absolute atomic E-state index is 12.5. The lowest BCUT2D eigenvalue weighted by Gasteiger charge is -2.18. The Labute approximate surface area is 110 Å². The van der Waals surface area contributed by atoms with Crippen molar-refractivity contribution in [3.05, 3.63) is 35.4 Å². The van der Waals surface area contributed by atoms with Gasteiger partial charge in [0.05, 0.1) is 5.41 Å². The molecule has 0 spiro atoms. The highest BCUT2D eigenvalue weighted by atomic mass is 19.1. The van der Waals surface area contributed by atoms with Crippen LogP contribution in [0, 0.1) is 6.92 Å². The molecule has 0 bridgehead atoms. The minimum absolute atomic E-state index is 0.400. The Hall–Kier alpha value is -1.91. The van der Waals surface area contributed by atoms with Crippen molar-refractivity contribution < 1.29 is 19.1 Å². The predicted octanol–water partition coefficient (Wildman–Crippen LogP) is 1.57. The van der Waals surface area contributed by atoms with Crippen LogP contribution in [0.3, 0.4) is 0 Å². The number of benzene rings is 1. The molecule has 1 aromatic carbocycles. The highest BCUT2D eigenvalue weighted by Gasteiger charge is 2.51. The number of carboxylic acid groups (broad SMARTS) is 1. The van der Waals surface area contributed by atoms with Crippen molar-refractivity contribution in [1.82, 2.24) is 5.32 Å². The maximum Gasteiger partial charge on any atom is 0.328 e. The summed E-state index contributed by atoms with van der Waals surface area (Å²) >= 11 is 0. The highest BCUT2D eigenvalue weighted by molar-refractivity contribution is 5.94. The smallest absolute Gasteiger partial charge is 0.328 e. The number of carbonyl (C=O) groups is 2. The van der Waals surface area contributed by atoms with Gasteiger partial charge in [0.2, 0.25) is 5.91 Å². The van der Waals surface area contributed by atoms with Gasteiger partial charge in [0, 0.05) is 0 Å². The van der Waals surface area contributed by atoms with Crippen LogP contribution in [0.5, 0.6) is 0 Å². The Morgan fingerprint density at radius 1 is 1.47 bits per heavy atom. The highest BCUT2D eigenvalue weighted by Crippen LogP contribution is 2.48. The lowest BCUT2D eigenvalue weighted by molar-refractivity contribution is -0.142. The van der Waals surface area contributed by atoms with E-state index in [0.29, 0.717) is 12.8 Å². The van der Waals surface area contributed by atoms with E-state index in [1.165, 1.54) is 0 Å². The number of hydrogen-bond donors (Lipinski definition) is 2. The van der Waals surface area contributed by atoms with E-state index >= 15 is 0 Å². The number of carbonyl (C=O) groups excluding carboxylic acids is 1. The van der Waals surface area contributed by atoms with Crippen LogP contribution < -0.4 is 5.32 Å². The van der Waals surface area contributed by atoms with Gasteiger partial charge < -0.3 is 10.4 Å². The molecule has 1 atom stereocenters. The van der Waals surface area contributed by atoms with Crippen molar-refractivity contribution >= 4 is 11.9 Å². The quantitative estimate of drug-likeness (QED) is 0.849. The third kappa shape index (κ3) is 2.59. The summed E-state index contributed by atoms with van der Waals surface area (Å²) in [7, 11) is 0. The van der Waals surface area contributed by atoms with Gasteiger partial charge in [-0.05, 0) is 25.3 Å². The fraction of sp³-hybridized carbons (Fsp3) is 0.429. The second-order valence-corrected chi connectivity index (χ2v) is 4.97. The number of aliphatic carboxylic acids is 1. The van der Waals surface area contributed by atoms with Gasteiger partial charge in [0.25, 0.3) is 0 Å². The van der Waals surface area contributed by atoms with Crippen LogP contribution in [-0.2, 0) is 15.0 Å². The average molecular weight is 265 g/mol. The van der Waals surface area contributed by atoms with E-state index < -0.39 is 30.0 Å². The molecule has 0 saturated heterocycles. The minimum Gasteiger partial charge on any atom is -0.480 e. The molecule has 1 amide bonds. The van der Waals surface area contributed by atoms with Crippen LogP contribution in [-0.4, -0.2) is 29.7 Å². The van der Waals surface area contributed by atoms with E-state index in [0.717, 1.165) is 11.1 Å². The van der Waals surface area contributed by atoms with Gasteiger partial charge in [-0.3, -0.25) is 4.79 Å². The first kappa shape index (κ1) is 13.5. The Morgan fingerprint density at radius 3 is 2.63 bits per heavy atom. The molecule has 1 aromatic rings. The van der Waals surface area contributed by atoms with Gasteiger partial charge >= 0.3 is 5.97 Å². The normalized spacial score (nSPS) is 17.6. The van der Waals surface area contributed by atoms with Crippen molar-refractivity contribution in [2.24, 2.45) is 0 Å². The summed E-state index contributed by atoms with van der Waals surface area (Å²) in [5, 5.41) is 11.0. The SMILES string of the molecule is Cc1cccc(C2(C(=O)NC(CF)C(=O)O)CC2)c1. The van der Waals surface area contributed by atoms with Gasteiger partial charge in [-0.25, -0.2) is 9.18 Å². The van der Waals surface area contributed by atoms with Gasteiger partial charge in [0.15, 0.2) is 6.04 Å². The third-order valence-electron chi connectivity index (χ3n) is 3.51. The predicted molar refractivity (Wildman–Crippen MR) is 67.6 cm³/mol. The van der Waals surface area contributed by atoms with E-state index in [1.54, 1.807) is 0 Å². The molecule has 102 valence electrons. The zero-order valence-corrected chi connectivity index (χ0v) is 10.6. The molecule has 19 heavy (non-hydrogen) atoms. The molecule has 5 heteroatoms. The zero-order valence-electron chi connectivity index (χ0n) is 10.6. The molecule has 4 nitrogen and oxygen atoms in total. The van der Waals surface area contributed by atoms with Gasteiger partial charge in [-0.2, -0.15) is 0 Å². The fourth-order valence-electron chi connectivity index (χ4n) is 2.18. The summed E-state index contributed by atoms with van der Waals surface area (Å²) in [5.41, 5.74) is 1.24. The number of halogens is 1. The first-order chi connectivity index (χ1) is 8.99. The molecule has 2 N–H and O–H groups in total. The summed E-state index contributed by atoms with van der Waals surface area (Å²) in [6, 6.07) is 6.10. The van der Waals surface area contributed by atoms with Crippen LogP contribution in [0.2, 0.25) is 0 Å². The van der Waals surface area contributed by atoms with Crippen LogP contribution in [0.25, 0.3) is 0 Å². The first-order valence-electron chi connectivity index (χ1n) is 6.16. The molecular formula is C14H16FNO3. The molecule has 1 aliphatic rings. The Kier molecular flexibility index (Phi) is 3.55. The van der Waals surface area contributed by atoms with E-state index in [2.05, 4.69) is 5.32 Å². The zero-order chi connectivity index (χ0) is 14.0. The second kappa shape index (κ2) is 4.99. The summed E-state index contributed by atoms with van der Waals surface area (Å²) in [6.45, 7) is 0.823. The summed E-state index contributed by atoms with van der Waals surface area (Å²) in [6.07, 6.45) is 1.34. The average Bonchev–Trinajstić information content (AvgIpc) is 3.16. The number of carboxylic acids is 1. The lowest BCUT2D eigenvalue weighted by Crippen LogP contribution is -2.46. The number of hydrogen-bond acceptors (Lipinski definition) is 2. The van der Waals surface area contributed by atoms with Crippen LogP contribution in [0.1, 0.15) is 24.0 Å². The van der Waals surface area contributed by atoms with Gasteiger partial charge in [-0.15, -0.1) is 0 Å². The van der Waals surface area contributed by atoms with Crippen molar-refractivity contribution in [1.29, 1.82) is 0 Å². The third-order valence-corrected chi connectivity index (χ3v) is 3.51. The minimum atomic E-state index is -1.46. The summed E-state index contributed by atoms with van der Waals surface area (Å²) < 4.78 is 12.5. The molecule has 1 saturated carbocycles. The summed E-state index contributed by atoms with van der Waals surface area (Å²) in [4.78, 5) is 22.9. The van der Waals surface area contributed by atoms with Crippen LogP contribution in [0.15, 0.2) is 24.3 Å². The van der Waals surface area contributed by atoms with E-state index in [9.17, 15) is 14.0 Å². The second-order valence-electron chi connectivity index (χ2n) is 4.97. The number of alkyl halides is 1. The van der Waals surface area contributed by atoms with Gasteiger partial charge in [-0.1, -0.05) is 29.8 Å². The lowest BCUT2D eigenvalue weighted by atomic mass is 9.93. The van der Waals surface area contributed by atoms with E-state index in [-0.39, 0.29) is 0 Å². The molecule has 1 fully saturated rings. The molecule has 0 aromatic heterocycles. The topological polar surface area (TPSA) is 66.4 Å². The number of nitrogens with one attached hydrogen (secondary N) is 1. The molecule has 2 rings (SSSR count). The van der Waals surface area contributed by atoms with E-state index in [4.69, 9.17) is 5.11 Å². The number of rotatable bonds is 5. The monoisotopic (exact) mass is 265 g/mol. The van der Waals surface area contributed by atoms with E-state index in [1.807, 2.05) is 31.2 Å². The van der Waals surface area contributed by atoms with Crippen LogP contribution in [0.4, 0.5) is 4.39 Å². The molecule has 0 heterocycles. The molecule has 0 radical (unpaired) electrons. The van der Waals surface area contributed by atoms with Gasteiger partial charge in [0.1, 0.15) is 6.67 Å². The number of aryl methyl sites for hydroxylation is 1. The first-order valence-corrected chi connectivity index (χ1v) is 6.16. The maximum atomic E-state index is 12.5. The molecule has 1 aliphatic carbocycles.